The molecule has 0 aliphatic heterocycles. The van der Waals surface area contributed by atoms with E-state index in [1.165, 1.54) is 6.07 Å². The number of hydrogen-bond acceptors (Lipinski definition) is 7. The Bertz CT molecular complexity index is 1100. The number of aliphatic hydroxyl groups excluding tert-OH is 1. The molecule has 1 aliphatic carbocycles. The molecule has 1 amide bonds. The Kier molecular flexibility index (Phi) is 8.83. The van der Waals surface area contributed by atoms with E-state index in [0.29, 0.717) is 22.7 Å². The average Bonchev–Trinajstić information content (AvgIpc) is 3.06. The van der Waals surface area contributed by atoms with E-state index >= 15 is 0 Å². The van der Waals surface area contributed by atoms with Gasteiger partial charge in [-0.3, -0.25) is 4.79 Å². The van der Waals surface area contributed by atoms with Crippen molar-refractivity contribution in [3.8, 4) is 11.1 Å². The minimum absolute atomic E-state index is 0.0588. The molecule has 12 heteroatoms. The summed E-state index contributed by atoms with van der Waals surface area (Å²) in [6.45, 7) is 2.11. The minimum atomic E-state index is -3.74. The minimum Gasteiger partial charge on any atom is -0.395 e. The zero-order valence-electron chi connectivity index (χ0n) is 17.1. The van der Waals surface area contributed by atoms with Crippen molar-refractivity contribution in [2.24, 2.45) is 10.8 Å². The molecule has 0 aromatic heterocycles. The lowest BCUT2D eigenvalue weighted by Crippen LogP contribution is -2.26. The van der Waals surface area contributed by atoms with Crippen LogP contribution in [0.3, 0.4) is 0 Å². The predicted octanol–water partition coefficient (Wildman–Crippen LogP) is -0.357. The number of nitrogens with one attached hydrogen (secondary N) is 3. The number of hydrazone groups is 1. The molecule has 6 N–H and O–H groups in total. The van der Waals surface area contributed by atoms with Gasteiger partial charge in [0.1, 0.15) is 11.0 Å². The maximum absolute atomic E-state index is 12.4. The first kappa shape index (κ1) is 24.6. The van der Waals surface area contributed by atoms with Gasteiger partial charge in [0.25, 0.3) is 0 Å². The first-order valence-corrected chi connectivity index (χ1v) is 11.9. The molecule has 2 aromatic carbocycles. The summed E-state index contributed by atoms with van der Waals surface area (Å²) in [5.41, 5.74) is 10.7. The Morgan fingerprint density at radius 3 is 2.32 bits per heavy atom. The number of benzene rings is 2. The van der Waals surface area contributed by atoms with Crippen molar-refractivity contribution in [3.05, 3.63) is 47.5 Å². The number of rotatable bonds is 8. The molecule has 10 nitrogen and oxygen atoms in total. The van der Waals surface area contributed by atoms with Gasteiger partial charge in [0.15, 0.2) is 0 Å². The van der Waals surface area contributed by atoms with Gasteiger partial charge >= 0.3 is 0 Å². The van der Waals surface area contributed by atoms with Crippen molar-refractivity contribution in [2.45, 2.75) is 16.7 Å². The Morgan fingerprint density at radius 1 is 1.13 bits per heavy atom. The molecule has 3 rings (SSSR count). The van der Waals surface area contributed by atoms with Gasteiger partial charge in [-0.2, -0.15) is 5.10 Å². The highest BCUT2D eigenvalue weighted by Gasteiger charge is 2.28. The van der Waals surface area contributed by atoms with Crippen LogP contribution in [-0.4, -0.2) is 56.6 Å². The highest BCUT2D eigenvalue weighted by molar-refractivity contribution is 7.89. The van der Waals surface area contributed by atoms with Crippen LogP contribution < -0.4 is 20.6 Å². The Labute approximate surface area is 183 Å². The lowest BCUT2D eigenvalue weighted by atomic mass is 10.1. The zero-order chi connectivity index (χ0) is 23.0. The van der Waals surface area contributed by atoms with Crippen LogP contribution in [-0.2, 0) is 25.8 Å². The molecule has 31 heavy (non-hydrogen) atoms. The molecule has 1 unspecified atom stereocenters. The fourth-order valence-electron chi connectivity index (χ4n) is 3.05. The maximum atomic E-state index is 12.4. The van der Waals surface area contributed by atoms with Crippen molar-refractivity contribution in [3.63, 3.8) is 0 Å². The van der Waals surface area contributed by atoms with Crippen molar-refractivity contribution in [1.82, 2.24) is 14.9 Å². The van der Waals surface area contributed by atoms with E-state index < -0.39 is 21.0 Å². The topological polar surface area (TPSA) is 163 Å². The molecule has 0 saturated heterocycles. The largest absolute Gasteiger partial charge is 0.395 e. The van der Waals surface area contributed by atoms with Crippen LogP contribution in [0.15, 0.2) is 51.3 Å². The summed E-state index contributed by atoms with van der Waals surface area (Å²) in [5, 5.41) is 13.2. The number of carbonyl (C=O) groups is 1. The van der Waals surface area contributed by atoms with Gasteiger partial charge < -0.3 is 16.3 Å². The first-order valence-electron chi connectivity index (χ1n) is 9.29. The van der Waals surface area contributed by atoms with Crippen LogP contribution in [0.5, 0.6) is 0 Å². The molecule has 0 saturated carbocycles. The SMILES string of the molecule is CCNS(=O)c1ccc2c(c1)/C(=N\NC)c1cc(S(=O)(=O)NCCO)ccc1-2.NC=O. The summed E-state index contributed by atoms with van der Waals surface area (Å²) in [6, 6.07) is 10.3. The monoisotopic (exact) mass is 467 g/mol. The van der Waals surface area contributed by atoms with E-state index in [1.54, 1.807) is 25.2 Å². The number of sulfonamides is 1. The number of aliphatic hydroxyl groups is 1. The quantitative estimate of drug-likeness (QED) is 0.224. The predicted molar refractivity (Wildman–Crippen MR) is 119 cm³/mol. The summed E-state index contributed by atoms with van der Waals surface area (Å²) in [6.07, 6.45) is 0.250. The second-order valence-corrected chi connectivity index (χ2v) is 9.19. The van der Waals surface area contributed by atoms with E-state index in [1.807, 2.05) is 19.1 Å². The Balaban J connectivity index is 0.00000107. The summed E-state index contributed by atoms with van der Waals surface area (Å²) in [7, 11) is -3.42. The fraction of sp³-hybridized carbons (Fsp3) is 0.263. The molecule has 0 bridgehead atoms. The Hall–Kier alpha value is -2.64. The van der Waals surface area contributed by atoms with Crippen LogP contribution in [0.4, 0.5) is 0 Å². The molecule has 0 radical (unpaired) electrons. The van der Waals surface area contributed by atoms with Gasteiger partial charge in [-0.05, 0) is 35.4 Å². The average molecular weight is 468 g/mol. The standard InChI is InChI=1S/C18H22N4O4S2.CH3NO/c1-3-20-27(24)12-4-6-14-15-7-5-13(28(25,26)21-8-9-23)11-17(15)18(22-19-2)16(14)10-12;2-1-3/h4-7,10-11,19-21,23H,3,8-9H2,1-2H3;1H,(H2,2,3)/b22-18+;. The number of primary amides is 1. The van der Waals surface area contributed by atoms with Crippen LogP contribution in [0, 0.1) is 0 Å². The van der Waals surface area contributed by atoms with Gasteiger partial charge in [-0.25, -0.2) is 22.1 Å². The van der Waals surface area contributed by atoms with E-state index in [0.717, 1.165) is 16.7 Å². The summed E-state index contributed by atoms with van der Waals surface area (Å²) >= 11 is 0. The van der Waals surface area contributed by atoms with Crippen molar-refractivity contribution < 1.29 is 22.5 Å². The molecule has 0 heterocycles. The van der Waals surface area contributed by atoms with E-state index in [2.05, 4.69) is 25.7 Å². The Morgan fingerprint density at radius 2 is 1.74 bits per heavy atom. The van der Waals surface area contributed by atoms with Crippen LogP contribution >= 0.6 is 0 Å². The molecule has 2 aromatic rings. The summed E-state index contributed by atoms with van der Waals surface area (Å²) < 4.78 is 42.4. The van der Waals surface area contributed by atoms with E-state index in [4.69, 9.17) is 9.90 Å². The van der Waals surface area contributed by atoms with Crippen molar-refractivity contribution in [2.75, 3.05) is 26.7 Å². The number of hydrogen-bond donors (Lipinski definition) is 5. The van der Waals surface area contributed by atoms with Crippen LogP contribution in [0.1, 0.15) is 18.1 Å². The number of fused-ring (bicyclic) bond motifs is 3. The molecular formula is C19H25N5O5S2. The fourth-order valence-corrected chi connectivity index (χ4v) is 4.94. The maximum Gasteiger partial charge on any atom is 0.240 e. The highest BCUT2D eigenvalue weighted by atomic mass is 32.2. The van der Waals surface area contributed by atoms with Crippen LogP contribution in [0.2, 0.25) is 0 Å². The number of amides is 1. The van der Waals surface area contributed by atoms with Gasteiger partial charge in [-0.1, -0.05) is 19.1 Å². The molecule has 168 valence electrons. The second kappa shape index (κ2) is 11.1. The molecule has 1 aliphatic rings. The lowest BCUT2D eigenvalue weighted by molar-refractivity contribution is -0.106. The van der Waals surface area contributed by atoms with Crippen molar-refractivity contribution in [1.29, 1.82) is 0 Å². The summed E-state index contributed by atoms with van der Waals surface area (Å²) in [4.78, 5) is 9.29. The summed E-state index contributed by atoms with van der Waals surface area (Å²) in [5.74, 6) is 0. The third-order valence-electron chi connectivity index (χ3n) is 4.21. The number of carbonyl (C=O) groups excluding carboxylic acids is 1. The molecule has 1 atom stereocenters. The zero-order valence-corrected chi connectivity index (χ0v) is 18.7. The molecule has 0 fully saturated rings. The lowest BCUT2D eigenvalue weighted by Gasteiger charge is -2.08. The first-order chi connectivity index (χ1) is 14.8. The molecule has 0 spiro atoms. The van der Waals surface area contributed by atoms with Gasteiger partial charge in [-0.15, -0.1) is 0 Å². The van der Waals surface area contributed by atoms with Gasteiger partial charge in [0.2, 0.25) is 16.4 Å². The molecular weight excluding hydrogens is 442 g/mol. The second-order valence-electron chi connectivity index (χ2n) is 6.12. The number of nitrogens with zero attached hydrogens (tertiary/aromatic N) is 1. The van der Waals surface area contributed by atoms with Crippen LogP contribution in [0.25, 0.3) is 11.1 Å². The third-order valence-corrected chi connectivity index (χ3v) is 6.90. The highest BCUT2D eigenvalue weighted by Crippen LogP contribution is 2.38. The number of nitrogens with two attached hydrogens (primary N) is 1. The van der Waals surface area contributed by atoms with Gasteiger partial charge in [0.05, 0.1) is 22.1 Å². The normalized spacial score (nSPS) is 14.2. The smallest absolute Gasteiger partial charge is 0.240 e. The third kappa shape index (κ3) is 5.54. The van der Waals surface area contributed by atoms with Gasteiger partial charge in [0, 0.05) is 31.3 Å². The van der Waals surface area contributed by atoms with Crippen molar-refractivity contribution >= 4 is 33.1 Å². The van der Waals surface area contributed by atoms with E-state index in [9.17, 15) is 12.6 Å². The van der Waals surface area contributed by atoms with E-state index in [-0.39, 0.29) is 24.5 Å².